The molecule has 4 aromatic rings. The molecule has 11 heteroatoms. The summed E-state index contributed by atoms with van der Waals surface area (Å²) in [7, 11) is 0. The lowest BCUT2D eigenvalue weighted by atomic mass is 10.0. The van der Waals surface area contributed by atoms with Gasteiger partial charge < -0.3 is 5.11 Å². The van der Waals surface area contributed by atoms with Crippen LogP contribution in [0.3, 0.4) is 0 Å². The van der Waals surface area contributed by atoms with Gasteiger partial charge in [-0.15, -0.1) is 0 Å². The Balaban J connectivity index is 1.82. The van der Waals surface area contributed by atoms with Crippen LogP contribution in [0.1, 0.15) is 21.7 Å². The minimum Gasteiger partial charge on any atom is -0.476 e. The summed E-state index contributed by atoms with van der Waals surface area (Å²) in [6.07, 6.45) is -4.54. The first kappa shape index (κ1) is 21.6. The summed E-state index contributed by atoms with van der Waals surface area (Å²) in [6, 6.07) is 9.05. The molecule has 0 aliphatic heterocycles. The van der Waals surface area contributed by atoms with E-state index in [4.69, 9.17) is 0 Å². The van der Waals surface area contributed by atoms with Crippen molar-refractivity contribution in [1.82, 2.24) is 14.8 Å². The van der Waals surface area contributed by atoms with Gasteiger partial charge in [0.1, 0.15) is 11.5 Å². The standard InChI is InChI=1S/C21H12F5N3O2S/c1-10-15(12-3-2-4-14(22)9-12)17(19(30)31)29(28-10)20-27-16(18(23)32-20)11-5-7-13(8-6-11)21(24,25)26/h2-9H,1H3,(H,30,31). The predicted octanol–water partition coefficient (Wildman–Crippen LogP) is 5.97. The normalized spacial score (nSPS) is 11.7. The van der Waals surface area contributed by atoms with Crippen molar-refractivity contribution in [2.24, 2.45) is 0 Å². The maximum atomic E-state index is 14.6. The van der Waals surface area contributed by atoms with Gasteiger partial charge in [-0.3, -0.25) is 0 Å². The van der Waals surface area contributed by atoms with Crippen LogP contribution in [0.2, 0.25) is 0 Å². The van der Waals surface area contributed by atoms with Crippen molar-refractivity contribution in [3.63, 3.8) is 0 Å². The quantitative estimate of drug-likeness (QED) is 0.377. The number of thiazole rings is 1. The smallest absolute Gasteiger partial charge is 0.416 e. The van der Waals surface area contributed by atoms with Gasteiger partial charge in [0.2, 0.25) is 10.3 Å². The van der Waals surface area contributed by atoms with Gasteiger partial charge in [-0.1, -0.05) is 35.6 Å². The van der Waals surface area contributed by atoms with Crippen LogP contribution in [0.15, 0.2) is 48.5 Å². The molecule has 0 bridgehead atoms. The Bertz CT molecular complexity index is 1330. The van der Waals surface area contributed by atoms with E-state index in [2.05, 4.69) is 10.1 Å². The van der Waals surface area contributed by atoms with Crippen LogP contribution in [0, 0.1) is 17.9 Å². The van der Waals surface area contributed by atoms with Gasteiger partial charge in [0.05, 0.1) is 11.3 Å². The molecule has 2 heterocycles. The SMILES string of the molecule is Cc1nn(-c2nc(-c3ccc(C(F)(F)F)cc3)c(F)s2)c(C(=O)O)c1-c1cccc(F)c1. The second-order valence-electron chi connectivity index (χ2n) is 6.73. The number of hydrogen-bond acceptors (Lipinski definition) is 4. The molecule has 0 fully saturated rings. The summed E-state index contributed by atoms with van der Waals surface area (Å²) < 4.78 is 67.6. The molecule has 1 N–H and O–H groups in total. The van der Waals surface area contributed by atoms with Crippen molar-refractivity contribution in [2.75, 3.05) is 0 Å². The number of carbonyl (C=O) groups is 1. The fraction of sp³-hybridized carbons (Fsp3) is 0.0952. The van der Waals surface area contributed by atoms with E-state index in [0.29, 0.717) is 11.3 Å². The Kier molecular flexibility index (Phi) is 5.29. The van der Waals surface area contributed by atoms with Crippen LogP contribution >= 0.6 is 11.3 Å². The second-order valence-corrected chi connectivity index (χ2v) is 7.66. The third-order valence-corrected chi connectivity index (χ3v) is 5.44. The highest BCUT2D eigenvalue weighted by Gasteiger charge is 2.31. The van der Waals surface area contributed by atoms with Gasteiger partial charge in [-0.2, -0.15) is 27.3 Å². The third-order valence-electron chi connectivity index (χ3n) is 4.62. The van der Waals surface area contributed by atoms with Gasteiger partial charge >= 0.3 is 12.1 Å². The molecular formula is C21H12F5N3O2S. The zero-order chi connectivity index (χ0) is 23.2. The average molecular weight is 465 g/mol. The number of benzene rings is 2. The number of aryl methyl sites for hydroxylation is 1. The zero-order valence-corrected chi connectivity index (χ0v) is 16.9. The summed E-state index contributed by atoms with van der Waals surface area (Å²) in [5.41, 5.74) is -0.734. The molecule has 5 nitrogen and oxygen atoms in total. The first-order valence-corrected chi connectivity index (χ1v) is 9.81. The van der Waals surface area contributed by atoms with Crippen molar-refractivity contribution in [3.8, 4) is 27.5 Å². The highest BCUT2D eigenvalue weighted by molar-refractivity contribution is 7.12. The van der Waals surface area contributed by atoms with Gasteiger partial charge in [0.25, 0.3) is 0 Å². The summed E-state index contributed by atoms with van der Waals surface area (Å²) in [5, 5.41) is 13.0. The molecule has 0 saturated heterocycles. The molecule has 0 amide bonds. The molecule has 0 atom stereocenters. The predicted molar refractivity (Wildman–Crippen MR) is 107 cm³/mol. The minimum atomic E-state index is -4.54. The lowest BCUT2D eigenvalue weighted by Crippen LogP contribution is -2.09. The zero-order valence-electron chi connectivity index (χ0n) is 16.1. The van der Waals surface area contributed by atoms with E-state index in [1.54, 1.807) is 0 Å². The Morgan fingerprint density at radius 1 is 1.06 bits per heavy atom. The highest BCUT2D eigenvalue weighted by atomic mass is 32.1. The Hall–Kier alpha value is -3.60. The topological polar surface area (TPSA) is 68.0 Å². The Morgan fingerprint density at radius 2 is 1.75 bits per heavy atom. The van der Waals surface area contributed by atoms with E-state index >= 15 is 0 Å². The Morgan fingerprint density at radius 3 is 2.34 bits per heavy atom. The minimum absolute atomic E-state index is 0.0871. The van der Waals surface area contributed by atoms with Crippen molar-refractivity contribution in [1.29, 1.82) is 0 Å². The first-order valence-electron chi connectivity index (χ1n) is 8.99. The van der Waals surface area contributed by atoms with E-state index in [0.717, 1.165) is 35.0 Å². The first-order chi connectivity index (χ1) is 15.1. The van der Waals surface area contributed by atoms with Crippen LogP contribution in [0.4, 0.5) is 22.0 Å². The highest BCUT2D eigenvalue weighted by Crippen LogP contribution is 2.35. The molecule has 0 spiro atoms. The van der Waals surface area contributed by atoms with Gasteiger partial charge in [0, 0.05) is 11.1 Å². The number of hydrogen-bond donors (Lipinski definition) is 1. The van der Waals surface area contributed by atoms with E-state index < -0.39 is 28.7 Å². The number of aromatic carboxylic acids is 1. The van der Waals surface area contributed by atoms with Crippen molar-refractivity contribution in [3.05, 3.63) is 76.4 Å². The van der Waals surface area contributed by atoms with Crippen molar-refractivity contribution >= 4 is 17.3 Å². The number of halogens is 5. The molecule has 164 valence electrons. The monoisotopic (exact) mass is 465 g/mol. The molecule has 0 saturated carbocycles. The Labute approximate surface area is 181 Å². The number of nitrogens with zero attached hydrogens (tertiary/aromatic N) is 3. The maximum absolute atomic E-state index is 14.6. The molecule has 2 aromatic carbocycles. The lowest BCUT2D eigenvalue weighted by Gasteiger charge is -2.06. The van der Waals surface area contributed by atoms with Crippen molar-refractivity contribution < 1.29 is 31.9 Å². The number of carboxylic acids is 1. The maximum Gasteiger partial charge on any atom is 0.416 e. The van der Waals surface area contributed by atoms with E-state index in [9.17, 15) is 31.9 Å². The molecular weight excluding hydrogens is 453 g/mol. The third kappa shape index (κ3) is 3.86. The summed E-state index contributed by atoms with van der Waals surface area (Å²) in [4.78, 5) is 16.1. The molecule has 32 heavy (non-hydrogen) atoms. The number of rotatable bonds is 4. The summed E-state index contributed by atoms with van der Waals surface area (Å²) >= 11 is 0.487. The number of aromatic nitrogens is 3. The fourth-order valence-corrected chi connectivity index (χ4v) is 4.01. The van der Waals surface area contributed by atoms with E-state index in [-0.39, 0.29) is 38.9 Å². The largest absolute Gasteiger partial charge is 0.476 e. The van der Waals surface area contributed by atoms with E-state index in [1.165, 1.54) is 25.1 Å². The molecule has 0 aliphatic carbocycles. The molecule has 0 aliphatic rings. The average Bonchev–Trinajstić information content (AvgIpc) is 3.27. The van der Waals surface area contributed by atoms with Gasteiger partial charge in [-0.25, -0.2) is 14.2 Å². The summed E-state index contributed by atoms with van der Waals surface area (Å²) in [5.74, 6) is -1.97. The van der Waals surface area contributed by atoms with Gasteiger partial charge in [-0.05, 0) is 36.8 Å². The summed E-state index contributed by atoms with van der Waals surface area (Å²) in [6.45, 7) is 1.52. The number of carboxylic acid groups (broad SMARTS) is 1. The molecule has 0 unspecified atom stereocenters. The van der Waals surface area contributed by atoms with Crippen LogP contribution in [0.25, 0.3) is 27.5 Å². The van der Waals surface area contributed by atoms with Crippen LogP contribution in [-0.2, 0) is 6.18 Å². The van der Waals surface area contributed by atoms with Crippen LogP contribution in [-0.4, -0.2) is 25.8 Å². The van der Waals surface area contributed by atoms with Crippen LogP contribution < -0.4 is 0 Å². The molecule has 0 radical (unpaired) electrons. The van der Waals surface area contributed by atoms with E-state index in [1.807, 2.05) is 0 Å². The van der Waals surface area contributed by atoms with Gasteiger partial charge in [0.15, 0.2) is 5.69 Å². The van der Waals surface area contributed by atoms with Crippen molar-refractivity contribution in [2.45, 2.75) is 13.1 Å². The van der Waals surface area contributed by atoms with Crippen LogP contribution in [0.5, 0.6) is 0 Å². The molecule has 2 aromatic heterocycles. The second kappa shape index (κ2) is 7.83. The number of alkyl halides is 3. The fourth-order valence-electron chi connectivity index (χ4n) is 3.23. The molecule has 4 rings (SSSR count). The lowest BCUT2D eigenvalue weighted by molar-refractivity contribution is -0.137.